The molecule has 0 radical (unpaired) electrons. The van der Waals surface area contributed by atoms with E-state index in [-0.39, 0.29) is 36.3 Å². The molecule has 6 nitrogen and oxygen atoms in total. The Morgan fingerprint density at radius 2 is 1.86 bits per heavy atom. The summed E-state index contributed by atoms with van der Waals surface area (Å²) in [6.45, 7) is 3.75. The molecule has 0 bridgehead atoms. The Labute approximate surface area is 163 Å². The lowest BCUT2D eigenvalue weighted by Gasteiger charge is -2.40. The summed E-state index contributed by atoms with van der Waals surface area (Å²) in [4.78, 5) is 25.6. The molecule has 0 fully saturated rings. The lowest BCUT2D eigenvalue weighted by atomic mass is 9.91. The molecule has 4 N–H and O–H groups in total. The van der Waals surface area contributed by atoms with Crippen molar-refractivity contribution in [3.63, 3.8) is 0 Å². The minimum atomic E-state index is -0.330. The average molecular weight is 384 g/mol. The van der Waals surface area contributed by atoms with Crippen molar-refractivity contribution >= 4 is 28.9 Å². The van der Waals surface area contributed by atoms with Gasteiger partial charge >= 0.3 is 0 Å². The molecule has 7 heteroatoms. The van der Waals surface area contributed by atoms with Gasteiger partial charge in [0.15, 0.2) is 0 Å². The Balaban J connectivity index is 1.85. The summed E-state index contributed by atoms with van der Waals surface area (Å²) in [5.41, 5.74) is 8.31. The highest BCUT2D eigenvalue weighted by atomic mass is 19.1. The van der Waals surface area contributed by atoms with Gasteiger partial charge in [-0.15, -0.1) is 0 Å². The molecule has 0 aliphatic carbocycles. The fraction of sp³-hybridized carbons (Fsp3) is 0.333. The average Bonchev–Trinajstić information content (AvgIpc) is 2.69. The molecule has 0 spiro atoms. The summed E-state index contributed by atoms with van der Waals surface area (Å²) in [5, 5.41) is 6.12. The van der Waals surface area contributed by atoms with Gasteiger partial charge in [0.05, 0.1) is 12.6 Å². The van der Waals surface area contributed by atoms with Gasteiger partial charge in [0.1, 0.15) is 5.82 Å². The number of benzene rings is 2. The van der Waals surface area contributed by atoms with Crippen LogP contribution in [0.4, 0.5) is 21.5 Å². The Morgan fingerprint density at radius 1 is 1.18 bits per heavy atom. The number of halogens is 1. The second kappa shape index (κ2) is 8.39. The molecular formula is C21H25FN4O2. The first kappa shape index (κ1) is 19.8. The Bertz CT molecular complexity index is 869. The summed E-state index contributed by atoms with van der Waals surface area (Å²) >= 11 is 0. The van der Waals surface area contributed by atoms with Gasteiger partial charge in [-0.3, -0.25) is 9.59 Å². The number of nitrogens with one attached hydrogen (secondary N) is 2. The first-order chi connectivity index (χ1) is 13.4. The quantitative estimate of drug-likeness (QED) is 0.737. The predicted octanol–water partition coefficient (Wildman–Crippen LogP) is 3.41. The molecule has 0 saturated heterocycles. The molecule has 2 amide bonds. The van der Waals surface area contributed by atoms with Gasteiger partial charge in [0.25, 0.3) is 0 Å². The van der Waals surface area contributed by atoms with Gasteiger partial charge < -0.3 is 21.3 Å². The van der Waals surface area contributed by atoms with E-state index < -0.39 is 0 Å². The summed E-state index contributed by atoms with van der Waals surface area (Å²) in [6, 6.07) is 11.7. The van der Waals surface area contributed by atoms with E-state index in [1.54, 1.807) is 23.1 Å². The van der Waals surface area contributed by atoms with Crippen LogP contribution in [0, 0.1) is 5.82 Å². The highest BCUT2D eigenvalue weighted by Gasteiger charge is 2.33. The Kier molecular flexibility index (Phi) is 5.94. The van der Waals surface area contributed by atoms with Crippen LogP contribution in [-0.2, 0) is 9.59 Å². The zero-order valence-corrected chi connectivity index (χ0v) is 16.0. The second-order valence-electron chi connectivity index (χ2n) is 6.93. The molecule has 28 heavy (non-hydrogen) atoms. The highest BCUT2D eigenvalue weighted by Crippen LogP contribution is 2.39. The topological polar surface area (TPSA) is 87.5 Å². The van der Waals surface area contributed by atoms with E-state index in [0.29, 0.717) is 18.5 Å². The lowest BCUT2D eigenvalue weighted by Crippen LogP contribution is -2.44. The van der Waals surface area contributed by atoms with E-state index in [4.69, 9.17) is 5.73 Å². The third-order valence-electron chi connectivity index (χ3n) is 4.91. The summed E-state index contributed by atoms with van der Waals surface area (Å²) in [7, 11) is 0. The number of carbonyl (C=O) groups excluding carboxylic acids is 2. The predicted molar refractivity (Wildman–Crippen MR) is 109 cm³/mol. The van der Waals surface area contributed by atoms with Crippen molar-refractivity contribution in [3.8, 4) is 0 Å². The first-order valence-corrected chi connectivity index (χ1v) is 9.41. The zero-order chi connectivity index (χ0) is 20.3. The number of hydrogen-bond donors (Lipinski definition) is 3. The molecule has 3 rings (SSSR count). The molecule has 0 unspecified atom stereocenters. The van der Waals surface area contributed by atoms with Crippen LogP contribution in [0.25, 0.3) is 0 Å². The van der Waals surface area contributed by atoms with Crippen LogP contribution in [0.5, 0.6) is 0 Å². The van der Waals surface area contributed by atoms with Gasteiger partial charge in [0, 0.05) is 35.1 Å². The second-order valence-corrected chi connectivity index (χ2v) is 6.93. The van der Waals surface area contributed by atoms with Crippen LogP contribution in [0.15, 0.2) is 42.5 Å². The molecule has 1 heterocycles. The SMILES string of the molecule is CCC(=O)N1c2ccc(F)cc2[C@H](Nc2ccc(NC(=O)CN)cc2)C[C@@H]1C. The van der Waals surface area contributed by atoms with Crippen molar-refractivity contribution in [1.29, 1.82) is 0 Å². The van der Waals surface area contributed by atoms with Gasteiger partial charge in [-0.25, -0.2) is 4.39 Å². The number of nitrogens with zero attached hydrogens (tertiary/aromatic N) is 1. The van der Waals surface area contributed by atoms with Crippen LogP contribution < -0.4 is 21.3 Å². The zero-order valence-electron chi connectivity index (χ0n) is 16.0. The molecule has 2 aromatic carbocycles. The maximum atomic E-state index is 13.9. The Hall–Kier alpha value is -2.93. The van der Waals surface area contributed by atoms with E-state index in [9.17, 15) is 14.0 Å². The van der Waals surface area contributed by atoms with Crippen LogP contribution >= 0.6 is 0 Å². The van der Waals surface area contributed by atoms with Crippen LogP contribution in [0.1, 0.15) is 38.3 Å². The van der Waals surface area contributed by atoms with E-state index in [1.165, 1.54) is 12.1 Å². The molecule has 1 aliphatic rings. The highest BCUT2D eigenvalue weighted by molar-refractivity contribution is 5.95. The van der Waals surface area contributed by atoms with Crippen molar-refractivity contribution in [2.75, 3.05) is 22.1 Å². The van der Waals surface area contributed by atoms with Crippen LogP contribution in [0.2, 0.25) is 0 Å². The summed E-state index contributed by atoms with van der Waals surface area (Å²) in [5.74, 6) is -0.561. The van der Waals surface area contributed by atoms with Crippen molar-refractivity contribution in [3.05, 3.63) is 53.8 Å². The third kappa shape index (κ3) is 4.14. The number of fused-ring (bicyclic) bond motifs is 1. The van der Waals surface area contributed by atoms with Crippen molar-refractivity contribution < 1.29 is 14.0 Å². The van der Waals surface area contributed by atoms with Gasteiger partial charge in [-0.1, -0.05) is 6.92 Å². The normalized spacial score (nSPS) is 18.4. The van der Waals surface area contributed by atoms with E-state index in [1.807, 2.05) is 26.0 Å². The molecular weight excluding hydrogens is 359 g/mol. The Morgan fingerprint density at radius 3 is 2.50 bits per heavy atom. The van der Waals surface area contributed by atoms with E-state index in [0.717, 1.165) is 16.9 Å². The van der Waals surface area contributed by atoms with Crippen LogP contribution in [-0.4, -0.2) is 24.4 Å². The first-order valence-electron chi connectivity index (χ1n) is 9.41. The van der Waals surface area contributed by atoms with Crippen molar-refractivity contribution in [2.45, 2.75) is 38.8 Å². The molecule has 2 aromatic rings. The minimum Gasteiger partial charge on any atom is -0.378 e. The number of carbonyl (C=O) groups is 2. The number of amides is 2. The molecule has 2 atom stereocenters. The summed E-state index contributed by atoms with van der Waals surface area (Å²) < 4.78 is 13.9. The maximum Gasteiger partial charge on any atom is 0.238 e. The maximum absolute atomic E-state index is 13.9. The van der Waals surface area contributed by atoms with E-state index in [2.05, 4.69) is 10.6 Å². The third-order valence-corrected chi connectivity index (χ3v) is 4.91. The molecule has 148 valence electrons. The fourth-order valence-corrected chi connectivity index (χ4v) is 3.58. The fourth-order valence-electron chi connectivity index (χ4n) is 3.58. The van der Waals surface area contributed by atoms with E-state index >= 15 is 0 Å². The number of anilines is 3. The minimum absolute atomic E-state index is 0.00831. The van der Waals surface area contributed by atoms with Gasteiger partial charge in [-0.2, -0.15) is 0 Å². The summed E-state index contributed by atoms with van der Waals surface area (Å²) in [6.07, 6.45) is 1.06. The number of nitrogens with two attached hydrogens (primary N) is 1. The lowest BCUT2D eigenvalue weighted by molar-refractivity contribution is -0.119. The number of hydrogen-bond acceptors (Lipinski definition) is 4. The number of rotatable bonds is 5. The van der Waals surface area contributed by atoms with Gasteiger partial charge in [0.2, 0.25) is 11.8 Å². The standard InChI is InChI=1S/C21H25FN4O2/c1-3-21(28)26-13(2)10-18(17-11-14(22)4-9-19(17)26)24-15-5-7-16(8-6-15)25-20(27)12-23/h4-9,11,13,18,24H,3,10,12,23H2,1-2H3,(H,25,27)/t13-,18+/m0/s1. The van der Waals surface area contributed by atoms with Crippen molar-refractivity contribution in [2.24, 2.45) is 5.73 Å². The molecule has 0 aromatic heterocycles. The van der Waals surface area contributed by atoms with Crippen LogP contribution in [0.3, 0.4) is 0 Å². The molecule has 1 aliphatic heterocycles. The molecule has 0 saturated carbocycles. The largest absolute Gasteiger partial charge is 0.378 e. The van der Waals surface area contributed by atoms with Gasteiger partial charge in [-0.05, 0) is 55.8 Å². The smallest absolute Gasteiger partial charge is 0.238 e. The van der Waals surface area contributed by atoms with Crippen molar-refractivity contribution in [1.82, 2.24) is 0 Å². The monoisotopic (exact) mass is 384 g/mol.